The SMILES string of the molecule is C=C1CC[C@H]2CC(CC)N[C@@H]2CC1.CC.CC.CC.CC.CC.CC.CC.CC.CCC1C[C@@H]2CCC(=O)CC[C@H]2N1.CCC1C[C@@H]2CCC(C)(O)CC[C@H]2N1.CCC1C[C@@H]2CCC(C)CC[C@H]2N1.[B].[B].[B].[B]. The summed E-state index contributed by atoms with van der Waals surface area (Å²) >= 11 is 0. The molecule has 5 N–H and O–H groups in total. The number of nitrogens with one attached hydrogen (secondary N) is 4. The van der Waals surface area contributed by atoms with Crippen molar-refractivity contribution >= 4 is 39.4 Å². The maximum atomic E-state index is 11.2. The fraction of sp³-hybridized carbons (Fsp3) is 0.952. The zero-order valence-corrected chi connectivity index (χ0v) is 53.8. The highest BCUT2D eigenvalue weighted by Crippen LogP contribution is 2.38. The van der Waals surface area contributed by atoms with E-state index < -0.39 is 5.60 Å². The molecule has 0 aromatic heterocycles. The molecule has 10 heteroatoms. The first kappa shape index (κ1) is 89.1. The predicted molar refractivity (Wildman–Crippen MR) is 338 cm³/mol. The molecule has 0 amide bonds. The molecular formula is C63H134B4N4O2. The normalized spacial score (nSPS) is 32.4. The fourth-order valence-corrected chi connectivity index (χ4v) is 11.7. The molecular weight excluding hydrogens is 888 g/mol. The van der Waals surface area contributed by atoms with Gasteiger partial charge < -0.3 is 26.4 Å². The summed E-state index contributed by atoms with van der Waals surface area (Å²) in [5, 5.41) is 24.9. The molecule has 8 fully saturated rings. The Labute approximate surface area is 470 Å². The molecule has 4 aliphatic heterocycles. The Hall–Kier alpha value is -0.530. The van der Waals surface area contributed by atoms with Crippen molar-refractivity contribution in [3.05, 3.63) is 12.2 Å². The van der Waals surface area contributed by atoms with Crippen LogP contribution in [0.1, 0.15) is 306 Å². The van der Waals surface area contributed by atoms with Crippen molar-refractivity contribution in [2.24, 2.45) is 29.6 Å². The molecule has 430 valence electrons. The molecule has 73 heavy (non-hydrogen) atoms. The smallest absolute Gasteiger partial charge is 0.132 e. The second-order valence-electron chi connectivity index (χ2n) is 19.8. The fourth-order valence-electron chi connectivity index (χ4n) is 11.7. The van der Waals surface area contributed by atoms with Crippen molar-refractivity contribution in [3.63, 3.8) is 0 Å². The topological polar surface area (TPSA) is 85.4 Å². The van der Waals surface area contributed by atoms with Crippen LogP contribution in [0.5, 0.6) is 0 Å². The van der Waals surface area contributed by atoms with Crippen molar-refractivity contribution in [2.75, 3.05) is 0 Å². The van der Waals surface area contributed by atoms with Crippen molar-refractivity contribution in [1.82, 2.24) is 21.3 Å². The molecule has 6 nitrogen and oxygen atoms in total. The van der Waals surface area contributed by atoms with Crippen LogP contribution < -0.4 is 21.3 Å². The molecule has 0 aromatic rings. The quantitative estimate of drug-likeness (QED) is 0.143. The van der Waals surface area contributed by atoms with E-state index in [1.54, 1.807) is 0 Å². The summed E-state index contributed by atoms with van der Waals surface area (Å²) in [5.41, 5.74) is 1.08. The van der Waals surface area contributed by atoms with E-state index >= 15 is 0 Å². The Morgan fingerprint density at radius 3 is 1.10 bits per heavy atom. The first-order valence-corrected chi connectivity index (χ1v) is 31.4. The number of hydrogen-bond donors (Lipinski definition) is 5. The number of rotatable bonds is 4. The minimum atomic E-state index is -0.395. The van der Waals surface area contributed by atoms with Gasteiger partial charge in [0.15, 0.2) is 0 Å². The Morgan fingerprint density at radius 1 is 0.425 bits per heavy atom. The molecule has 0 spiro atoms. The van der Waals surface area contributed by atoms with Crippen LogP contribution in [0.3, 0.4) is 0 Å². The van der Waals surface area contributed by atoms with Crippen molar-refractivity contribution in [3.8, 4) is 0 Å². The average molecular weight is 1020 g/mol. The highest BCUT2D eigenvalue weighted by molar-refractivity contribution is 5.78. The Morgan fingerprint density at radius 2 is 0.699 bits per heavy atom. The maximum Gasteiger partial charge on any atom is 0.132 e. The van der Waals surface area contributed by atoms with E-state index in [1.165, 1.54) is 115 Å². The van der Waals surface area contributed by atoms with E-state index in [9.17, 15) is 9.90 Å². The molecule has 4 heterocycles. The number of ketones is 1. The van der Waals surface area contributed by atoms with Gasteiger partial charge in [0.25, 0.3) is 0 Å². The lowest BCUT2D eigenvalue weighted by atomic mass is 9.93. The maximum absolute atomic E-state index is 11.2. The van der Waals surface area contributed by atoms with Crippen LogP contribution in [0.2, 0.25) is 0 Å². The third kappa shape index (κ3) is 36.3. The largest absolute Gasteiger partial charge is 0.390 e. The molecule has 0 bridgehead atoms. The summed E-state index contributed by atoms with van der Waals surface area (Å²) in [6.07, 6.45) is 29.9. The molecule has 4 saturated carbocycles. The number of allylic oxidation sites excluding steroid dienone is 1. The Kier molecular flexibility index (Phi) is 70.3. The van der Waals surface area contributed by atoms with Gasteiger partial charge in [0.1, 0.15) is 5.78 Å². The summed E-state index contributed by atoms with van der Waals surface area (Å²) in [6.45, 7) is 49.6. The first-order chi connectivity index (χ1) is 33.5. The standard InChI is InChI=1S/C12H23NO.C12H23N.C12H21N.C11H19NO.8C2H6.4B/c1-3-10-8-9-4-6-12(2,14)7-5-11(9)13-10;2*1-3-11-8-10-6-4-9(2)5-7-12(10)13-11;1-2-9-7-8-3-4-10(13)5-6-11(8)12-9;8*1-2;;;;/h9-11,13-14H,3-8H2,1-2H3;9-13H,3-8H2,1-2H3;10-13H,2-8H2,1H3;8-9,11-12H,2-7H2,1H3;8*1-2H3;;;;/t9-,10?,11+,12?;9?,10-,11?,12+;10-,11?,12+;8-,9?,11+;;;;;;;;;;;;/m0000............/s1. The Bertz CT molecular complexity index is 1020. The summed E-state index contributed by atoms with van der Waals surface area (Å²) in [6, 6.07) is 6.13. The molecule has 8 rings (SSSR count). The van der Waals surface area contributed by atoms with Crippen molar-refractivity contribution in [2.45, 2.75) is 360 Å². The second kappa shape index (κ2) is 57.6. The molecule has 4 saturated heterocycles. The molecule has 12 radical (unpaired) electrons. The summed E-state index contributed by atoms with van der Waals surface area (Å²) in [4.78, 5) is 11.2. The van der Waals surface area contributed by atoms with E-state index in [0.29, 0.717) is 17.9 Å². The van der Waals surface area contributed by atoms with E-state index in [4.69, 9.17) is 0 Å². The Balaban J connectivity index is -0.000000116. The van der Waals surface area contributed by atoms with Crippen LogP contribution in [-0.2, 0) is 4.79 Å². The molecule has 8 aliphatic rings. The molecule has 4 aliphatic carbocycles. The number of fused-ring (bicyclic) bond motifs is 4. The van der Waals surface area contributed by atoms with E-state index in [-0.39, 0.29) is 33.7 Å². The molecule has 6 unspecified atom stereocenters. The highest BCUT2D eigenvalue weighted by Gasteiger charge is 2.39. The number of carbonyl (C=O) groups excluding carboxylic acids is 1. The van der Waals surface area contributed by atoms with Gasteiger partial charge in [-0.15, -0.1) is 0 Å². The number of hydrogen-bond acceptors (Lipinski definition) is 6. The monoisotopic (exact) mass is 1020 g/mol. The van der Waals surface area contributed by atoms with E-state index in [2.05, 4.69) is 62.5 Å². The van der Waals surface area contributed by atoms with Crippen LogP contribution in [0.25, 0.3) is 0 Å². The van der Waals surface area contributed by atoms with Gasteiger partial charge in [0, 0.05) is 94.8 Å². The van der Waals surface area contributed by atoms with Crippen LogP contribution >= 0.6 is 0 Å². The third-order valence-electron chi connectivity index (χ3n) is 15.6. The predicted octanol–water partition coefficient (Wildman–Crippen LogP) is 16.5. The van der Waals surface area contributed by atoms with Crippen LogP contribution in [0.15, 0.2) is 12.2 Å². The van der Waals surface area contributed by atoms with Gasteiger partial charge in [-0.05, 0) is 171 Å². The van der Waals surface area contributed by atoms with Gasteiger partial charge in [-0.2, -0.15) is 0 Å². The van der Waals surface area contributed by atoms with Crippen LogP contribution in [-0.4, -0.2) is 98.5 Å². The lowest BCUT2D eigenvalue weighted by molar-refractivity contribution is -0.119. The second-order valence-corrected chi connectivity index (χ2v) is 19.8. The number of aliphatic hydroxyl groups is 1. The first-order valence-electron chi connectivity index (χ1n) is 31.4. The number of Topliss-reactive ketones (excluding diaryl/α,β-unsaturated/α-hetero) is 1. The minimum absolute atomic E-state index is 0. The third-order valence-corrected chi connectivity index (χ3v) is 15.6. The highest BCUT2D eigenvalue weighted by atomic mass is 16.3. The van der Waals surface area contributed by atoms with Gasteiger partial charge in [0.2, 0.25) is 0 Å². The van der Waals surface area contributed by atoms with Crippen molar-refractivity contribution < 1.29 is 9.90 Å². The van der Waals surface area contributed by atoms with Crippen LogP contribution in [0.4, 0.5) is 0 Å². The summed E-state index contributed by atoms with van der Waals surface area (Å²) in [5.74, 6) is 5.03. The van der Waals surface area contributed by atoms with Gasteiger partial charge >= 0.3 is 0 Å². The summed E-state index contributed by atoms with van der Waals surface area (Å²) in [7, 11) is 0. The van der Waals surface area contributed by atoms with Crippen molar-refractivity contribution in [1.29, 1.82) is 0 Å². The summed E-state index contributed by atoms with van der Waals surface area (Å²) < 4.78 is 0. The van der Waals surface area contributed by atoms with Gasteiger partial charge in [-0.25, -0.2) is 0 Å². The zero-order chi connectivity index (χ0) is 54.0. The van der Waals surface area contributed by atoms with Gasteiger partial charge in [-0.3, -0.25) is 4.79 Å². The van der Waals surface area contributed by atoms with Crippen LogP contribution in [0, 0.1) is 29.6 Å². The minimum Gasteiger partial charge on any atom is -0.390 e. The lowest BCUT2D eigenvalue weighted by Gasteiger charge is -2.21. The average Bonchev–Trinajstić information content (AvgIpc) is 4.14. The van der Waals surface area contributed by atoms with E-state index in [0.717, 1.165) is 111 Å². The zero-order valence-electron chi connectivity index (χ0n) is 53.8. The van der Waals surface area contributed by atoms with Gasteiger partial charge in [0.05, 0.1) is 5.60 Å². The number of carbonyl (C=O) groups is 1. The molecule has 14 atom stereocenters. The lowest BCUT2D eigenvalue weighted by Crippen LogP contribution is -2.31. The van der Waals surface area contributed by atoms with E-state index in [1.807, 2.05) is 118 Å². The van der Waals surface area contributed by atoms with Gasteiger partial charge in [-0.1, -0.05) is 164 Å². The molecule has 0 aromatic carbocycles.